The highest BCUT2D eigenvalue weighted by atomic mass is 16.5. The summed E-state index contributed by atoms with van der Waals surface area (Å²) in [4.78, 5) is 67.3. The van der Waals surface area contributed by atoms with Crippen LogP contribution in [0.4, 0.5) is 0 Å². The van der Waals surface area contributed by atoms with Crippen LogP contribution in [0.1, 0.15) is 77.2 Å². The van der Waals surface area contributed by atoms with Gasteiger partial charge in [0, 0.05) is 19.4 Å². The second kappa shape index (κ2) is 15.4. The number of nitrogens with zero attached hydrogens (tertiary/aromatic N) is 1. The van der Waals surface area contributed by atoms with Gasteiger partial charge in [-0.05, 0) is 50.0 Å². The lowest BCUT2D eigenvalue weighted by Crippen LogP contribution is -2.63. The fraction of sp³-hybridized carbons (Fsp3) is 0.621. The Bertz CT molecular complexity index is 1030. The molecule has 220 valence electrons. The zero-order valence-electron chi connectivity index (χ0n) is 23.5. The summed E-state index contributed by atoms with van der Waals surface area (Å²) in [5, 5.41) is 17.3. The van der Waals surface area contributed by atoms with E-state index in [0.717, 1.165) is 18.4 Å². The first-order chi connectivity index (χ1) is 19.2. The number of amides is 5. The molecule has 2 aliphatic heterocycles. The van der Waals surface area contributed by atoms with E-state index in [-0.39, 0.29) is 30.6 Å². The molecule has 0 aromatic heterocycles. The van der Waals surface area contributed by atoms with Crippen molar-refractivity contribution < 1.29 is 29.2 Å². The van der Waals surface area contributed by atoms with Gasteiger partial charge in [-0.3, -0.25) is 29.2 Å². The van der Waals surface area contributed by atoms with E-state index in [0.29, 0.717) is 45.1 Å². The molecular formula is C29H43N5O6. The van der Waals surface area contributed by atoms with Crippen molar-refractivity contribution in [2.45, 2.75) is 102 Å². The van der Waals surface area contributed by atoms with Gasteiger partial charge in [-0.15, -0.1) is 0 Å². The van der Waals surface area contributed by atoms with E-state index < -0.39 is 41.9 Å². The van der Waals surface area contributed by atoms with E-state index in [4.69, 9.17) is 5.21 Å². The summed E-state index contributed by atoms with van der Waals surface area (Å²) in [6.07, 6.45) is 4.78. The largest absolute Gasteiger partial charge is 0.343 e. The number of rotatable bonds is 10. The van der Waals surface area contributed by atoms with E-state index in [9.17, 15) is 24.0 Å². The molecule has 1 unspecified atom stereocenters. The molecule has 4 atom stereocenters. The number of hydrogen-bond donors (Lipinski definition) is 5. The molecule has 1 aromatic carbocycles. The van der Waals surface area contributed by atoms with Crippen LogP contribution in [0.5, 0.6) is 0 Å². The standard InChI is InChI=1S/C29H43N5O6/c1-19(2)17-23-29(39)34-16-10-9-14-24(34)28(38)30-21(13-7-4-8-15-25(35)33-40)26(36)31-22(27(37)32-23)18-20-11-5-3-6-12-20/h3,5-6,11-12,19,21-24,40H,4,7-10,13-18H2,1-2H3,(H,30,38)(H,31,36)(H,32,37)(H,33,35)/t21-,22+,23-,24?/m0/s1. The molecular weight excluding hydrogens is 514 g/mol. The van der Waals surface area contributed by atoms with Gasteiger partial charge < -0.3 is 20.9 Å². The zero-order chi connectivity index (χ0) is 29.1. The van der Waals surface area contributed by atoms with E-state index in [1.54, 1.807) is 10.4 Å². The van der Waals surface area contributed by atoms with Gasteiger partial charge in [-0.25, -0.2) is 5.48 Å². The number of benzene rings is 1. The Morgan fingerprint density at radius 1 is 0.925 bits per heavy atom. The topological polar surface area (TPSA) is 157 Å². The molecule has 0 radical (unpaired) electrons. The maximum Gasteiger partial charge on any atom is 0.245 e. The lowest BCUT2D eigenvalue weighted by Gasteiger charge is -2.39. The number of carbonyl (C=O) groups is 5. The van der Waals surface area contributed by atoms with Crippen molar-refractivity contribution >= 4 is 29.5 Å². The maximum atomic E-state index is 13.8. The van der Waals surface area contributed by atoms with Crippen LogP contribution < -0.4 is 21.4 Å². The summed E-state index contributed by atoms with van der Waals surface area (Å²) in [6, 6.07) is 5.94. The molecule has 5 amide bonds. The zero-order valence-corrected chi connectivity index (χ0v) is 23.5. The molecule has 11 heteroatoms. The number of nitrogens with one attached hydrogen (secondary N) is 4. The third-order valence-corrected chi connectivity index (χ3v) is 7.48. The lowest BCUT2D eigenvalue weighted by atomic mass is 9.95. The third-order valence-electron chi connectivity index (χ3n) is 7.48. The minimum Gasteiger partial charge on any atom is -0.343 e. The molecule has 0 bridgehead atoms. The van der Waals surface area contributed by atoms with Crippen molar-refractivity contribution in [2.75, 3.05) is 6.54 Å². The quantitative estimate of drug-likeness (QED) is 0.167. The minimum atomic E-state index is -0.943. The number of fused-ring (bicyclic) bond motifs is 1. The Morgan fingerprint density at radius 2 is 1.60 bits per heavy atom. The van der Waals surface area contributed by atoms with Gasteiger partial charge in [0.25, 0.3) is 0 Å². The second-order valence-corrected chi connectivity index (χ2v) is 11.2. The van der Waals surface area contributed by atoms with Gasteiger partial charge in [-0.1, -0.05) is 57.0 Å². The summed E-state index contributed by atoms with van der Waals surface area (Å²) in [7, 11) is 0. The van der Waals surface area contributed by atoms with Crippen LogP contribution in [0.3, 0.4) is 0 Å². The first kappa shape index (κ1) is 31.1. The summed E-state index contributed by atoms with van der Waals surface area (Å²) in [5.41, 5.74) is 2.45. The molecule has 5 N–H and O–H groups in total. The summed E-state index contributed by atoms with van der Waals surface area (Å²) >= 11 is 0. The Kier molecular flexibility index (Phi) is 11.9. The van der Waals surface area contributed by atoms with Gasteiger partial charge in [0.05, 0.1) is 0 Å². The first-order valence-electron chi connectivity index (χ1n) is 14.4. The van der Waals surface area contributed by atoms with Crippen molar-refractivity contribution in [1.29, 1.82) is 0 Å². The minimum absolute atomic E-state index is 0.120. The van der Waals surface area contributed by atoms with Crippen LogP contribution in [0.2, 0.25) is 0 Å². The smallest absolute Gasteiger partial charge is 0.245 e. The number of carbonyl (C=O) groups excluding carboxylic acids is 5. The van der Waals surface area contributed by atoms with Gasteiger partial charge in [0.15, 0.2) is 0 Å². The molecule has 40 heavy (non-hydrogen) atoms. The predicted molar refractivity (Wildman–Crippen MR) is 148 cm³/mol. The molecule has 2 saturated heterocycles. The van der Waals surface area contributed by atoms with E-state index in [1.165, 1.54) is 0 Å². The maximum absolute atomic E-state index is 13.8. The van der Waals surface area contributed by atoms with E-state index >= 15 is 0 Å². The van der Waals surface area contributed by atoms with Crippen LogP contribution in [-0.4, -0.2) is 70.4 Å². The van der Waals surface area contributed by atoms with Crippen LogP contribution in [0.15, 0.2) is 30.3 Å². The molecule has 11 nitrogen and oxygen atoms in total. The Hall–Kier alpha value is -3.47. The summed E-state index contributed by atoms with van der Waals surface area (Å²) < 4.78 is 0. The summed E-state index contributed by atoms with van der Waals surface area (Å²) in [6.45, 7) is 4.36. The number of piperidine rings is 1. The molecule has 2 aliphatic rings. The van der Waals surface area contributed by atoms with Crippen molar-refractivity contribution in [2.24, 2.45) is 5.92 Å². The fourth-order valence-electron chi connectivity index (χ4n) is 5.37. The van der Waals surface area contributed by atoms with Gasteiger partial charge in [0.2, 0.25) is 29.5 Å². The van der Waals surface area contributed by atoms with Crippen molar-refractivity contribution in [3.8, 4) is 0 Å². The molecule has 0 saturated carbocycles. The van der Waals surface area contributed by atoms with Crippen LogP contribution in [0, 0.1) is 5.92 Å². The monoisotopic (exact) mass is 557 g/mol. The molecule has 0 aliphatic carbocycles. The highest BCUT2D eigenvalue weighted by Gasteiger charge is 2.39. The van der Waals surface area contributed by atoms with Crippen LogP contribution >= 0.6 is 0 Å². The molecule has 2 fully saturated rings. The van der Waals surface area contributed by atoms with E-state index in [2.05, 4.69) is 16.0 Å². The highest BCUT2D eigenvalue weighted by Crippen LogP contribution is 2.21. The highest BCUT2D eigenvalue weighted by molar-refractivity contribution is 5.97. The average Bonchev–Trinajstić information content (AvgIpc) is 2.94. The second-order valence-electron chi connectivity index (χ2n) is 11.2. The van der Waals surface area contributed by atoms with Gasteiger partial charge >= 0.3 is 0 Å². The molecule has 2 heterocycles. The number of unbranched alkanes of at least 4 members (excludes halogenated alkanes) is 2. The average molecular weight is 558 g/mol. The normalized spacial score (nSPS) is 24.2. The van der Waals surface area contributed by atoms with Crippen molar-refractivity contribution in [3.05, 3.63) is 35.9 Å². The number of hydrogen-bond acceptors (Lipinski definition) is 6. The van der Waals surface area contributed by atoms with Crippen molar-refractivity contribution in [1.82, 2.24) is 26.3 Å². The Labute approximate surface area is 235 Å². The predicted octanol–water partition coefficient (Wildman–Crippen LogP) is 1.58. The third kappa shape index (κ3) is 9.04. The van der Waals surface area contributed by atoms with Gasteiger partial charge in [-0.2, -0.15) is 0 Å². The molecule has 3 rings (SSSR count). The Morgan fingerprint density at radius 3 is 2.30 bits per heavy atom. The Balaban J connectivity index is 1.87. The van der Waals surface area contributed by atoms with Crippen molar-refractivity contribution in [3.63, 3.8) is 0 Å². The summed E-state index contributed by atoms with van der Waals surface area (Å²) in [5.74, 6) is -1.91. The fourth-order valence-corrected chi connectivity index (χ4v) is 5.37. The first-order valence-corrected chi connectivity index (χ1v) is 14.4. The molecule has 0 spiro atoms. The van der Waals surface area contributed by atoms with Crippen LogP contribution in [-0.2, 0) is 30.4 Å². The molecule has 1 aromatic rings. The SMILES string of the molecule is CC(C)C[C@@H]1NC(=O)[C@@H](Cc2ccccc2)NC(=O)[C@H](CCCCCC(=O)NO)NC(=O)C2CCCCN2C1=O. The lowest BCUT2D eigenvalue weighted by molar-refractivity contribution is -0.147. The van der Waals surface area contributed by atoms with Crippen LogP contribution in [0.25, 0.3) is 0 Å². The van der Waals surface area contributed by atoms with E-state index in [1.807, 2.05) is 44.2 Å². The van der Waals surface area contributed by atoms with Gasteiger partial charge in [0.1, 0.15) is 24.2 Å². The number of hydroxylamine groups is 1.